The second-order valence-corrected chi connectivity index (χ2v) is 7.78. The zero-order chi connectivity index (χ0) is 17.8. The summed E-state index contributed by atoms with van der Waals surface area (Å²) in [5.74, 6) is 0.0940. The standard InChI is InChI=1S/C20H27N3OS/c1-14-13-25-20(21-14)18-11-7-8-12-23(18)16(3)19(24)22-15(2)17-9-5-4-6-10-17/h4-6,9-10,13,15-16,18H,7-8,11-12H2,1-3H3,(H,22,24)/t15-,16+,18-/m0/s1. The number of thiazole rings is 1. The second kappa shape index (κ2) is 8.11. The van der Waals surface area contributed by atoms with Gasteiger partial charge in [-0.25, -0.2) is 4.98 Å². The summed E-state index contributed by atoms with van der Waals surface area (Å²) in [5, 5.41) is 6.42. The number of likely N-dealkylation sites (tertiary alicyclic amines) is 1. The lowest BCUT2D eigenvalue weighted by Crippen LogP contribution is -2.48. The smallest absolute Gasteiger partial charge is 0.237 e. The molecule has 25 heavy (non-hydrogen) atoms. The minimum absolute atomic E-state index is 0.0153. The fourth-order valence-corrected chi connectivity index (χ4v) is 4.47. The quantitative estimate of drug-likeness (QED) is 0.870. The van der Waals surface area contributed by atoms with Crippen molar-refractivity contribution in [2.45, 2.75) is 58.2 Å². The van der Waals surface area contributed by atoms with E-state index in [1.54, 1.807) is 11.3 Å². The van der Waals surface area contributed by atoms with Gasteiger partial charge in [0.25, 0.3) is 0 Å². The highest BCUT2D eigenvalue weighted by Gasteiger charge is 2.33. The third-order valence-corrected chi connectivity index (χ3v) is 6.07. The Morgan fingerprint density at radius 1 is 1.28 bits per heavy atom. The van der Waals surface area contributed by atoms with Crippen LogP contribution in [0.25, 0.3) is 0 Å². The molecule has 1 fully saturated rings. The van der Waals surface area contributed by atoms with Crippen molar-refractivity contribution in [3.63, 3.8) is 0 Å². The van der Waals surface area contributed by atoms with Crippen LogP contribution in [0.5, 0.6) is 0 Å². The van der Waals surface area contributed by atoms with Gasteiger partial charge in [-0.2, -0.15) is 0 Å². The molecule has 0 bridgehead atoms. The van der Waals surface area contributed by atoms with E-state index in [1.165, 1.54) is 6.42 Å². The maximum Gasteiger partial charge on any atom is 0.237 e. The van der Waals surface area contributed by atoms with Gasteiger partial charge in [0.15, 0.2) is 0 Å². The van der Waals surface area contributed by atoms with E-state index in [9.17, 15) is 4.79 Å². The summed E-state index contributed by atoms with van der Waals surface area (Å²) >= 11 is 1.72. The number of hydrogen-bond donors (Lipinski definition) is 1. The molecule has 3 atom stereocenters. The summed E-state index contributed by atoms with van der Waals surface area (Å²) in [6, 6.07) is 10.2. The van der Waals surface area contributed by atoms with Gasteiger partial charge in [0, 0.05) is 11.1 Å². The Morgan fingerprint density at radius 2 is 2.04 bits per heavy atom. The molecule has 1 aromatic heterocycles. The fourth-order valence-electron chi connectivity index (χ4n) is 3.52. The van der Waals surface area contributed by atoms with Gasteiger partial charge in [-0.1, -0.05) is 36.8 Å². The van der Waals surface area contributed by atoms with Crippen LogP contribution in [0.3, 0.4) is 0 Å². The van der Waals surface area contributed by atoms with Gasteiger partial charge in [0.1, 0.15) is 5.01 Å². The van der Waals surface area contributed by atoms with Crippen molar-refractivity contribution in [3.05, 3.63) is 52.0 Å². The first kappa shape index (κ1) is 18.1. The highest BCUT2D eigenvalue weighted by Crippen LogP contribution is 2.34. The molecule has 1 aromatic carbocycles. The Labute approximate surface area is 154 Å². The van der Waals surface area contributed by atoms with E-state index < -0.39 is 0 Å². The van der Waals surface area contributed by atoms with E-state index in [-0.39, 0.29) is 24.0 Å². The Hall–Kier alpha value is -1.72. The minimum atomic E-state index is -0.152. The molecule has 0 radical (unpaired) electrons. The van der Waals surface area contributed by atoms with Crippen molar-refractivity contribution in [3.8, 4) is 0 Å². The van der Waals surface area contributed by atoms with Crippen LogP contribution < -0.4 is 5.32 Å². The van der Waals surface area contributed by atoms with Crippen LogP contribution >= 0.6 is 11.3 Å². The number of carbonyl (C=O) groups excluding carboxylic acids is 1. The molecule has 2 heterocycles. The first-order valence-electron chi connectivity index (χ1n) is 9.09. The lowest BCUT2D eigenvalue weighted by Gasteiger charge is -2.38. The van der Waals surface area contributed by atoms with Gasteiger partial charge in [0.05, 0.1) is 18.1 Å². The number of rotatable bonds is 5. The molecule has 2 aromatic rings. The van der Waals surface area contributed by atoms with Gasteiger partial charge in [-0.3, -0.25) is 9.69 Å². The van der Waals surface area contributed by atoms with E-state index in [1.807, 2.05) is 39.0 Å². The summed E-state index contributed by atoms with van der Waals surface area (Å²) < 4.78 is 0. The SMILES string of the molecule is Cc1csc([C@@H]2CCCCN2[C@H](C)C(=O)N[C@@H](C)c2ccccc2)n1. The maximum atomic E-state index is 12.8. The molecule has 0 saturated carbocycles. The van der Waals surface area contributed by atoms with E-state index in [0.29, 0.717) is 0 Å². The largest absolute Gasteiger partial charge is 0.348 e. The summed E-state index contributed by atoms with van der Waals surface area (Å²) in [6.45, 7) is 7.05. The molecule has 1 amide bonds. The van der Waals surface area contributed by atoms with E-state index >= 15 is 0 Å². The van der Waals surface area contributed by atoms with Gasteiger partial charge >= 0.3 is 0 Å². The van der Waals surface area contributed by atoms with Crippen molar-refractivity contribution in [1.82, 2.24) is 15.2 Å². The van der Waals surface area contributed by atoms with E-state index in [2.05, 4.69) is 32.7 Å². The second-order valence-electron chi connectivity index (χ2n) is 6.89. The molecule has 1 aliphatic rings. The number of benzene rings is 1. The average Bonchev–Trinajstić information content (AvgIpc) is 3.08. The topological polar surface area (TPSA) is 45.2 Å². The van der Waals surface area contributed by atoms with Crippen LogP contribution in [-0.2, 0) is 4.79 Å². The Kier molecular flexibility index (Phi) is 5.86. The average molecular weight is 358 g/mol. The lowest BCUT2D eigenvalue weighted by atomic mass is 10.00. The third-order valence-electron chi connectivity index (χ3n) is 5.00. The maximum absolute atomic E-state index is 12.8. The Bertz CT molecular complexity index is 700. The predicted molar refractivity (Wildman–Crippen MR) is 103 cm³/mol. The summed E-state index contributed by atoms with van der Waals surface area (Å²) in [4.78, 5) is 19.8. The van der Waals surface area contributed by atoms with Crippen molar-refractivity contribution in [2.24, 2.45) is 0 Å². The van der Waals surface area contributed by atoms with Crippen LogP contribution in [0.15, 0.2) is 35.7 Å². The first-order chi connectivity index (χ1) is 12.1. The molecule has 5 heteroatoms. The van der Waals surface area contributed by atoms with Crippen molar-refractivity contribution < 1.29 is 4.79 Å². The first-order valence-corrected chi connectivity index (χ1v) is 9.97. The van der Waals surface area contributed by atoms with Crippen molar-refractivity contribution in [2.75, 3.05) is 6.54 Å². The van der Waals surface area contributed by atoms with Gasteiger partial charge in [0.2, 0.25) is 5.91 Å². The molecule has 0 spiro atoms. The van der Waals surface area contributed by atoms with Gasteiger partial charge < -0.3 is 5.32 Å². The molecule has 1 aliphatic heterocycles. The molecule has 0 aliphatic carbocycles. The van der Waals surface area contributed by atoms with Crippen LogP contribution in [-0.4, -0.2) is 28.4 Å². The minimum Gasteiger partial charge on any atom is -0.348 e. The molecule has 0 unspecified atom stereocenters. The van der Waals surface area contributed by atoms with Crippen LogP contribution in [0.4, 0.5) is 0 Å². The van der Waals surface area contributed by atoms with Crippen molar-refractivity contribution in [1.29, 1.82) is 0 Å². The molecule has 1 saturated heterocycles. The van der Waals surface area contributed by atoms with E-state index in [4.69, 9.17) is 0 Å². The highest BCUT2D eigenvalue weighted by atomic mass is 32.1. The van der Waals surface area contributed by atoms with Crippen LogP contribution in [0, 0.1) is 6.92 Å². The zero-order valence-electron chi connectivity index (χ0n) is 15.2. The summed E-state index contributed by atoms with van der Waals surface area (Å²) in [7, 11) is 0. The molecule has 1 N–H and O–H groups in total. The summed E-state index contributed by atoms with van der Waals surface area (Å²) in [6.07, 6.45) is 3.43. The lowest BCUT2D eigenvalue weighted by molar-refractivity contribution is -0.128. The van der Waals surface area contributed by atoms with Crippen LogP contribution in [0.1, 0.15) is 61.5 Å². The number of piperidine rings is 1. The predicted octanol–water partition coefficient (Wildman–Crippen LogP) is 4.24. The normalized spacial score (nSPS) is 20.8. The molecule has 4 nitrogen and oxygen atoms in total. The fraction of sp³-hybridized carbons (Fsp3) is 0.500. The Morgan fingerprint density at radius 3 is 2.72 bits per heavy atom. The number of carbonyl (C=O) groups is 1. The summed E-state index contributed by atoms with van der Waals surface area (Å²) in [5.41, 5.74) is 2.20. The zero-order valence-corrected chi connectivity index (χ0v) is 16.1. The number of nitrogens with one attached hydrogen (secondary N) is 1. The molecule has 3 rings (SSSR count). The number of aryl methyl sites for hydroxylation is 1. The number of amides is 1. The number of aromatic nitrogens is 1. The number of nitrogens with zero attached hydrogens (tertiary/aromatic N) is 2. The number of hydrogen-bond acceptors (Lipinski definition) is 4. The van der Waals surface area contributed by atoms with Crippen LogP contribution in [0.2, 0.25) is 0 Å². The molecule has 134 valence electrons. The van der Waals surface area contributed by atoms with E-state index in [0.717, 1.165) is 35.7 Å². The molecular weight excluding hydrogens is 330 g/mol. The molecular formula is C20H27N3OS. The third kappa shape index (κ3) is 4.28. The monoisotopic (exact) mass is 357 g/mol. The van der Waals surface area contributed by atoms with Gasteiger partial charge in [-0.15, -0.1) is 11.3 Å². The van der Waals surface area contributed by atoms with Gasteiger partial charge in [-0.05, 0) is 45.7 Å². The van der Waals surface area contributed by atoms with Crippen molar-refractivity contribution >= 4 is 17.2 Å². The highest BCUT2D eigenvalue weighted by molar-refractivity contribution is 7.09. The Balaban J connectivity index is 1.69.